The first kappa shape index (κ1) is 16.4. The average Bonchev–Trinajstić information content (AvgIpc) is 2.62. The zero-order valence-electron chi connectivity index (χ0n) is 11.4. The number of para-hydroxylation sites is 1. The Hall–Kier alpha value is -0.980. The first-order valence-electron chi connectivity index (χ1n) is 6.29. The van der Waals surface area contributed by atoms with Crippen molar-refractivity contribution in [1.29, 1.82) is 0 Å². The number of hydrogen-bond acceptors (Lipinski definition) is 4. The van der Waals surface area contributed by atoms with E-state index in [-0.39, 0.29) is 23.9 Å². The summed E-state index contributed by atoms with van der Waals surface area (Å²) in [5.41, 5.74) is -0.746. The van der Waals surface area contributed by atoms with Crippen LogP contribution in [0.4, 0.5) is 0 Å². The third-order valence-corrected chi connectivity index (χ3v) is 5.71. The second-order valence-electron chi connectivity index (χ2n) is 5.29. The van der Waals surface area contributed by atoms with Gasteiger partial charge in [0.15, 0.2) is 22.2 Å². The van der Waals surface area contributed by atoms with Crippen molar-refractivity contribution in [2.24, 2.45) is 0 Å². The summed E-state index contributed by atoms with van der Waals surface area (Å²) in [5, 5.41) is 3.31. The molecule has 1 atom stereocenters. The Morgan fingerprint density at radius 2 is 2.00 bits per heavy atom. The number of sulfone groups is 1. The summed E-state index contributed by atoms with van der Waals surface area (Å²) >= 11 is 11.9. The van der Waals surface area contributed by atoms with E-state index in [4.69, 9.17) is 27.9 Å². The molecular formula is C13H15Cl2NO4S. The number of ether oxygens (including phenoxy) is 1. The molecule has 1 amide bonds. The molecule has 0 radical (unpaired) electrons. The number of hydrogen-bond donors (Lipinski definition) is 1. The van der Waals surface area contributed by atoms with Gasteiger partial charge in [-0.3, -0.25) is 4.79 Å². The second kappa shape index (κ2) is 6.02. The SMILES string of the molecule is C[C@@]1(NC(=O)COc2c(Cl)cccc2Cl)CCS(=O)(=O)C1. The van der Waals surface area contributed by atoms with Crippen LogP contribution in [0.1, 0.15) is 13.3 Å². The molecule has 1 saturated heterocycles. The van der Waals surface area contributed by atoms with E-state index in [9.17, 15) is 13.2 Å². The van der Waals surface area contributed by atoms with Crippen LogP contribution >= 0.6 is 23.2 Å². The molecule has 0 spiro atoms. The first-order chi connectivity index (χ1) is 9.71. The molecule has 0 unspecified atom stereocenters. The monoisotopic (exact) mass is 351 g/mol. The van der Waals surface area contributed by atoms with Gasteiger partial charge in [0, 0.05) is 0 Å². The predicted molar refractivity (Wildman–Crippen MR) is 81.8 cm³/mol. The number of rotatable bonds is 4. The second-order valence-corrected chi connectivity index (χ2v) is 8.29. The highest BCUT2D eigenvalue weighted by Gasteiger charge is 2.39. The van der Waals surface area contributed by atoms with E-state index in [1.807, 2.05) is 0 Å². The van der Waals surface area contributed by atoms with Crippen LogP contribution in [0.3, 0.4) is 0 Å². The number of carbonyl (C=O) groups excluding carboxylic acids is 1. The maximum atomic E-state index is 11.9. The minimum absolute atomic E-state index is 0.0570. The molecule has 21 heavy (non-hydrogen) atoms. The topological polar surface area (TPSA) is 72.5 Å². The summed E-state index contributed by atoms with van der Waals surface area (Å²) < 4.78 is 28.3. The number of nitrogens with one attached hydrogen (secondary N) is 1. The van der Waals surface area contributed by atoms with Gasteiger partial charge in [-0.05, 0) is 25.5 Å². The average molecular weight is 352 g/mol. The van der Waals surface area contributed by atoms with Crippen LogP contribution in [0.25, 0.3) is 0 Å². The van der Waals surface area contributed by atoms with Crippen LogP contribution < -0.4 is 10.1 Å². The van der Waals surface area contributed by atoms with Gasteiger partial charge in [-0.2, -0.15) is 0 Å². The fraction of sp³-hybridized carbons (Fsp3) is 0.462. The number of benzene rings is 1. The van der Waals surface area contributed by atoms with E-state index < -0.39 is 21.3 Å². The molecule has 0 aliphatic carbocycles. The summed E-state index contributed by atoms with van der Waals surface area (Å²) in [6.45, 7) is 1.43. The molecule has 116 valence electrons. The summed E-state index contributed by atoms with van der Waals surface area (Å²) in [4.78, 5) is 11.9. The fourth-order valence-electron chi connectivity index (χ4n) is 2.24. The van der Waals surface area contributed by atoms with Crippen LogP contribution in [0, 0.1) is 0 Å². The number of amides is 1. The van der Waals surface area contributed by atoms with Gasteiger partial charge < -0.3 is 10.1 Å². The van der Waals surface area contributed by atoms with Crippen LogP contribution in [0.15, 0.2) is 18.2 Å². The Bertz CT molecular complexity index is 642. The molecule has 0 aromatic heterocycles. The van der Waals surface area contributed by atoms with E-state index in [2.05, 4.69) is 5.32 Å². The van der Waals surface area contributed by atoms with Crippen molar-refractivity contribution in [1.82, 2.24) is 5.32 Å². The van der Waals surface area contributed by atoms with Gasteiger partial charge >= 0.3 is 0 Å². The third kappa shape index (κ3) is 4.25. The molecule has 1 heterocycles. The molecule has 0 bridgehead atoms. The molecular weight excluding hydrogens is 337 g/mol. The lowest BCUT2D eigenvalue weighted by Crippen LogP contribution is -2.48. The highest BCUT2D eigenvalue weighted by molar-refractivity contribution is 7.91. The molecule has 5 nitrogen and oxygen atoms in total. The van der Waals surface area contributed by atoms with Gasteiger partial charge in [-0.25, -0.2) is 8.42 Å². The summed E-state index contributed by atoms with van der Waals surface area (Å²) in [6.07, 6.45) is 0.397. The molecule has 1 fully saturated rings. The molecule has 2 rings (SSSR count). The van der Waals surface area contributed by atoms with Crippen molar-refractivity contribution in [3.63, 3.8) is 0 Å². The Kier molecular flexibility index (Phi) is 4.70. The van der Waals surface area contributed by atoms with Crippen LogP contribution in [-0.2, 0) is 14.6 Å². The van der Waals surface area contributed by atoms with Gasteiger partial charge in [-0.1, -0.05) is 29.3 Å². The highest BCUT2D eigenvalue weighted by atomic mass is 35.5. The van der Waals surface area contributed by atoms with E-state index in [0.717, 1.165) is 0 Å². The van der Waals surface area contributed by atoms with E-state index in [1.54, 1.807) is 25.1 Å². The number of carbonyl (C=O) groups is 1. The zero-order valence-corrected chi connectivity index (χ0v) is 13.7. The third-order valence-electron chi connectivity index (χ3n) is 3.21. The Morgan fingerprint density at radius 3 is 2.52 bits per heavy atom. The smallest absolute Gasteiger partial charge is 0.258 e. The van der Waals surface area contributed by atoms with Crippen molar-refractivity contribution in [2.45, 2.75) is 18.9 Å². The number of halogens is 2. The lowest BCUT2D eigenvalue weighted by atomic mass is 10.0. The van der Waals surface area contributed by atoms with Crippen LogP contribution in [0.5, 0.6) is 5.75 Å². The molecule has 1 aromatic rings. The van der Waals surface area contributed by atoms with Gasteiger partial charge in [0.1, 0.15) is 0 Å². The van der Waals surface area contributed by atoms with E-state index >= 15 is 0 Å². The summed E-state index contributed by atoms with van der Waals surface area (Å²) in [6, 6.07) is 4.87. The normalized spacial score (nSPS) is 23.8. The van der Waals surface area contributed by atoms with Gasteiger partial charge in [-0.15, -0.1) is 0 Å². The first-order valence-corrected chi connectivity index (χ1v) is 8.87. The standard InChI is InChI=1S/C13H15Cl2NO4S/c1-13(5-6-21(18,19)8-13)16-11(17)7-20-12-9(14)3-2-4-10(12)15/h2-4H,5-8H2,1H3,(H,16,17)/t13-/m1/s1. The summed E-state index contributed by atoms with van der Waals surface area (Å²) in [5.74, 6) is -0.148. The largest absolute Gasteiger partial charge is 0.481 e. The van der Waals surface area contributed by atoms with Crippen molar-refractivity contribution >= 4 is 38.9 Å². The zero-order chi connectivity index (χ0) is 15.7. The molecule has 1 aliphatic heterocycles. The van der Waals surface area contributed by atoms with Crippen LogP contribution in [-0.4, -0.2) is 38.0 Å². The minimum Gasteiger partial charge on any atom is -0.481 e. The minimum atomic E-state index is -3.08. The van der Waals surface area contributed by atoms with Crippen molar-refractivity contribution in [2.75, 3.05) is 18.1 Å². The van der Waals surface area contributed by atoms with Crippen molar-refractivity contribution in [3.8, 4) is 5.75 Å². The molecule has 1 N–H and O–H groups in total. The van der Waals surface area contributed by atoms with Crippen molar-refractivity contribution in [3.05, 3.63) is 28.2 Å². The quantitative estimate of drug-likeness (QED) is 0.900. The van der Waals surface area contributed by atoms with Gasteiger partial charge in [0.25, 0.3) is 5.91 Å². The lowest BCUT2D eigenvalue weighted by Gasteiger charge is -2.23. The molecule has 1 aromatic carbocycles. The maximum Gasteiger partial charge on any atom is 0.258 e. The lowest BCUT2D eigenvalue weighted by molar-refractivity contribution is -0.124. The van der Waals surface area contributed by atoms with E-state index in [1.165, 1.54) is 0 Å². The Morgan fingerprint density at radius 1 is 1.38 bits per heavy atom. The maximum absolute atomic E-state index is 11.9. The van der Waals surface area contributed by atoms with Gasteiger partial charge in [0.05, 0.1) is 27.1 Å². The predicted octanol–water partition coefficient (Wildman–Crippen LogP) is 2.07. The Labute approximate surface area is 133 Å². The van der Waals surface area contributed by atoms with E-state index in [0.29, 0.717) is 16.5 Å². The highest BCUT2D eigenvalue weighted by Crippen LogP contribution is 2.32. The van der Waals surface area contributed by atoms with Crippen molar-refractivity contribution < 1.29 is 17.9 Å². The fourth-order valence-corrected chi connectivity index (χ4v) is 4.84. The molecule has 8 heteroatoms. The summed E-state index contributed by atoms with van der Waals surface area (Å²) in [7, 11) is -3.08. The van der Waals surface area contributed by atoms with Gasteiger partial charge in [0.2, 0.25) is 0 Å². The van der Waals surface area contributed by atoms with Crippen LogP contribution in [0.2, 0.25) is 10.0 Å². The molecule has 0 saturated carbocycles. The Balaban J connectivity index is 1.94. The molecule has 1 aliphatic rings.